The molecule has 0 fully saturated rings. The van der Waals surface area contributed by atoms with Crippen molar-refractivity contribution in [2.24, 2.45) is 5.73 Å². The quantitative estimate of drug-likeness (QED) is 0.895. The average Bonchev–Trinajstić information content (AvgIpc) is 2.34. The molecule has 0 bridgehead atoms. The summed E-state index contributed by atoms with van der Waals surface area (Å²) in [6, 6.07) is 4.81. The summed E-state index contributed by atoms with van der Waals surface area (Å²) < 4.78 is 39.6. The maximum atomic E-state index is 12.0. The van der Waals surface area contributed by atoms with Crippen molar-refractivity contribution in [1.82, 2.24) is 4.90 Å². The predicted octanol–water partition coefficient (Wildman–Crippen LogP) is 2.01. The highest BCUT2D eigenvalue weighted by atomic mass is 19.4. The van der Waals surface area contributed by atoms with Crippen LogP contribution < -0.4 is 10.5 Å². The highest BCUT2D eigenvalue weighted by Crippen LogP contribution is 2.22. The zero-order valence-electron chi connectivity index (χ0n) is 10.4. The summed E-state index contributed by atoms with van der Waals surface area (Å²) in [4.78, 5) is 13.3. The second-order valence-electron chi connectivity index (χ2n) is 3.94. The number of ether oxygens (including phenoxy) is 1. The van der Waals surface area contributed by atoms with Crippen LogP contribution in [0.2, 0.25) is 0 Å². The zero-order chi connectivity index (χ0) is 14.5. The number of nitrogens with zero attached hydrogens (tertiary/aromatic N) is 1. The van der Waals surface area contributed by atoms with Gasteiger partial charge in [0.25, 0.3) is 5.91 Å². The molecule has 0 saturated carbocycles. The Bertz CT molecular complexity index is 418. The first-order valence-electron chi connectivity index (χ1n) is 5.65. The molecule has 0 saturated heterocycles. The van der Waals surface area contributed by atoms with Gasteiger partial charge in [-0.1, -0.05) is 0 Å². The lowest BCUT2D eigenvalue weighted by Crippen LogP contribution is -2.28. The predicted molar refractivity (Wildman–Crippen MR) is 63.8 cm³/mol. The van der Waals surface area contributed by atoms with E-state index in [0.717, 1.165) is 12.1 Å². The molecule has 0 aromatic heterocycles. The fourth-order valence-electron chi connectivity index (χ4n) is 1.45. The first-order chi connectivity index (χ1) is 8.83. The summed E-state index contributed by atoms with van der Waals surface area (Å²) in [5.74, 6) is -0.624. The van der Waals surface area contributed by atoms with Crippen LogP contribution in [-0.2, 0) is 0 Å². The monoisotopic (exact) mass is 276 g/mol. The third-order valence-electron chi connectivity index (χ3n) is 2.38. The van der Waals surface area contributed by atoms with Gasteiger partial charge in [0.1, 0.15) is 5.75 Å². The summed E-state index contributed by atoms with van der Waals surface area (Å²) in [5.41, 5.74) is 5.63. The van der Waals surface area contributed by atoms with Crippen LogP contribution in [0, 0.1) is 0 Å². The van der Waals surface area contributed by atoms with E-state index in [4.69, 9.17) is 5.73 Å². The molecular weight excluding hydrogens is 261 g/mol. The molecule has 1 aromatic carbocycles. The second kappa shape index (κ2) is 6.42. The summed E-state index contributed by atoms with van der Waals surface area (Å²) in [5, 5.41) is 0. The van der Waals surface area contributed by atoms with Gasteiger partial charge in [-0.2, -0.15) is 0 Å². The molecule has 1 rings (SSSR count). The molecule has 7 heteroatoms. The first kappa shape index (κ1) is 15.3. The molecule has 0 spiro atoms. The summed E-state index contributed by atoms with van der Waals surface area (Å²) in [6.45, 7) is 0.964. The minimum atomic E-state index is -4.73. The number of halogens is 3. The normalized spacial score (nSPS) is 11.2. The molecule has 1 amide bonds. The van der Waals surface area contributed by atoms with Crippen LogP contribution in [0.1, 0.15) is 16.8 Å². The van der Waals surface area contributed by atoms with Crippen molar-refractivity contribution in [2.75, 3.05) is 20.1 Å². The third kappa shape index (κ3) is 5.17. The maximum absolute atomic E-state index is 12.0. The Balaban J connectivity index is 2.68. The van der Waals surface area contributed by atoms with Gasteiger partial charge in [0.05, 0.1) is 0 Å². The first-order valence-corrected chi connectivity index (χ1v) is 5.65. The highest BCUT2D eigenvalue weighted by Gasteiger charge is 2.31. The SMILES string of the molecule is CN(CCCN)C(=O)c1ccc(OC(F)(F)F)cc1. The van der Waals surface area contributed by atoms with Crippen LogP contribution in [0.3, 0.4) is 0 Å². The maximum Gasteiger partial charge on any atom is 0.573 e. The van der Waals surface area contributed by atoms with Crippen LogP contribution in [0.5, 0.6) is 5.75 Å². The third-order valence-corrected chi connectivity index (χ3v) is 2.38. The molecular formula is C12H15F3N2O2. The number of alkyl halides is 3. The van der Waals surface area contributed by atoms with Crippen LogP contribution in [0.4, 0.5) is 13.2 Å². The van der Waals surface area contributed by atoms with Crippen molar-refractivity contribution in [3.05, 3.63) is 29.8 Å². The van der Waals surface area contributed by atoms with E-state index in [-0.39, 0.29) is 11.7 Å². The summed E-state index contributed by atoms with van der Waals surface area (Å²) >= 11 is 0. The number of rotatable bonds is 5. The van der Waals surface area contributed by atoms with Crippen molar-refractivity contribution in [2.45, 2.75) is 12.8 Å². The van der Waals surface area contributed by atoms with Crippen molar-refractivity contribution in [1.29, 1.82) is 0 Å². The lowest BCUT2D eigenvalue weighted by atomic mass is 10.2. The van der Waals surface area contributed by atoms with Crippen molar-refractivity contribution in [3.8, 4) is 5.75 Å². The molecule has 0 heterocycles. The van der Waals surface area contributed by atoms with Crippen LogP contribution >= 0.6 is 0 Å². The van der Waals surface area contributed by atoms with E-state index >= 15 is 0 Å². The Morgan fingerprint density at radius 3 is 2.37 bits per heavy atom. The summed E-state index contributed by atoms with van der Waals surface area (Å²) in [7, 11) is 1.61. The fourth-order valence-corrected chi connectivity index (χ4v) is 1.45. The lowest BCUT2D eigenvalue weighted by molar-refractivity contribution is -0.274. The Morgan fingerprint density at radius 2 is 1.89 bits per heavy atom. The number of amides is 1. The number of hydrogen-bond acceptors (Lipinski definition) is 3. The molecule has 0 aliphatic carbocycles. The highest BCUT2D eigenvalue weighted by molar-refractivity contribution is 5.94. The Labute approximate surface area is 108 Å². The Kier molecular flexibility index (Phi) is 5.17. The molecule has 0 aliphatic rings. The molecule has 0 unspecified atom stereocenters. The van der Waals surface area contributed by atoms with E-state index in [0.29, 0.717) is 25.1 Å². The second-order valence-corrected chi connectivity index (χ2v) is 3.94. The van der Waals surface area contributed by atoms with E-state index in [9.17, 15) is 18.0 Å². The van der Waals surface area contributed by atoms with E-state index in [2.05, 4.69) is 4.74 Å². The molecule has 19 heavy (non-hydrogen) atoms. The van der Waals surface area contributed by atoms with E-state index in [1.165, 1.54) is 17.0 Å². The van der Waals surface area contributed by atoms with Gasteiger partial charge in [0.2, 0.25) is 0 Å². The van der Waals surface area contributed by atoms with Gasteiger partial charge in [-0.15, -0.1) is 13.2 Å². The van der Waals surface area contributed by atoms with E-state index < -0.39 is 6.36 Å². The topological polar surface area (TPSA) is 55.6 Å². The van der Waals surface area contributed by atoms with Crippen LogP contribution in [0.15, 0.2) is 24.3 Å². The van der Waals surface area contributed by atoms with E-state index in [1.807, 2.05) is 0 Å². The molecule has 0 aliphatic heterocycles. The number of nitrogens with two attached hydrogens (primary N) is 1. The standard InChI is InChI=1S/C12H15F3N2O2/c1-17(8-2-7-16)11(18)9-3-5-10(6-4-9)19-12(13,14)15/h3-6H,2,7-8,16H2,1H3. The van der Waals surface area contributed by atoms with E-state index in [1.54, 1.807) is 7.05 Å². The molecule has 4 nitrogen and oxygen atoms in total. The molecule has 0 atom stereocenters. The van der Waals surface area contributed by atoms with Gasteiger partial charge in [0.15, 0.2) is 0 Å². The largest absolute Gasteiger partial charge is 0.573 e. The number of carbonyl (C=O) groups excluding carboxylic acids is 1. The number of benzene rings is 1. The van der Waals surface area contributed by atoms with Gasteiger partial charge >= 0.3 is 6.36 Å². The molecule has 106 valence electrons. The van der Waals surface area contributed by atoms with Gasteiger partial charge in [-0.3, -0.25) is 4.79 Å². The number of hydrogen-bond donors (Lipinski definition) is 1. The Hall–Kier alpha value is -1.76. The molecule has 1 aromatic rings. The van der Waals surface area contributed by atoms with Gasteiger partial charge in [-0.05, 0) is 37.2 Å². The average molecular weight is 276 g/mol. The Morgan fingerprint density at radius 1 is 1.32 bits per heavy atom. The van der Waals surface area contributed by atoms with Gasteiger partial charge in [-0.25, -0.2) is 0 Å². The minimum Gasteiger partial charge on any atom is -0.406 e. The van der Waals surface area contributed by atoms with Crippen LogP contribution in [0.25, 0.3) is 0 Å². The summed E-state index contributed by atoms with van der Waals surface area (Å²) in [6.07, 6.45) is -4.07. The zero-order valence-corrected chi connectivity index (χ0v) is 10.4. The number of carbonyl (C=O) groups is 1. The van der Waals surface area contributed by atoms with Gasteiger partial charge in [0, 0.05) is 19.2 Å². The fraction of sp³-hybridized carbons (Fsp3) is 0.417. The molecule has 0 radical (unpaired) electrons. The van der Waals surface area contributed by atoms with Crippen molar-refractivity contribution >= 4 is 5.91 Å². The van der Waals surface area contributed by atoms with Gasteiger partial charge < -0.3 is 15.4 Å². The molecule has 2 N–H and O–H groups in total. The van der Waals surface area contributed by atoms with Crippen molar-refractivity contribution in [3.63, 3.8) is 0 Å². The van der Waals surface area contributed by atoms with Crippen molar-refractivity contribution < 1.29 is 22.7 Å². The lowest BCUT2D eigenvalue weighted by Gasteiger charge is -2.17. The minimum absolute atomic E-state index is 0.271. The smallest absolute Gasteiger partial charge is 0.406 e. The van der Waals surface area contributed by atoms with Crippen LogP contribution in [-0.4, -0.2) is 37.3 Å².